The lowest BCUT2D eigenvalue weighted by molar-refractivity contribution is 0.0789. The van der Waals surface area contributed by atoms with Crippen molar-refractivity contribution in [2.75, 3.05) is 13.1 Å². The number of likely N-dealkylation sites (tertiary alicyclic amines) is 1. The molecule has 0 spiro atoms. The fourth-order valence-corrected chi connectivity index (χ4v) is 3.55. The number of nitrogens with zero attached hydrogens (tertiary/aromatic N) is 3. The number of carbonyl (C=O) groups is 1. The monoisotopic (exact) mass is 376 g/mol. The second-order valence-electron chi connectivity index (χ2n) is 6.13. The van der Waals surface area contributed by atoms with E-state index < -0.39 is 0 Å². The molecule has 5 nitrogen and oxygen atoms in total. The van der Waals surface area contributed by atoms with Crippen LogP contribution in [0.25, 0.3) is 0 Å². The van der Waals surface area contributed by atoms with E-state index in [4.69, 9.17) is 5.73 Å². The molecule has 1 saturated heterocycles. The highest BCUT2D eigenvalue weighted by molar-refractivity contribution is 9.10. The first-order valence-corrected chi connectivity index (χ1v) is 8.58. The summed E-state index contributed by atoms with van der Waals surface area (Å²) in [4.78, 5) is 14.6. The summed E-state index contributed by atoms with van der Waals surface area (Å²) < 4.78 is 2.94. The first-order chi connectivity index (χ1) is 11.0. The van der Waals surface area contributed by atoms with Crippen molar-refractivity contribution in [3.05, 3.63) is 51.3 Å². The Balaban J connectivity index is 1.86. The quantitative estimate of drug-likeness (QED) is 0.894. The smallest absolute Gasteiger partial charge is 0.257 e. The number of halogens is 1. The molecule has 0 saturated carbocycles. The van der Waals surface area contributed by atoms with Crippen LogP contribution in [-0.4, -0.2) is 39.7 Å². The molecular weight excluding hydrogens is 356 g/mol. The zero-order chi connectivity index (χ0) is 16.6. The van der Waals surface area contributed by atoms with Gasteiger partial charge >= 0.3 is 0 Å². The largest absolute Gasteiger partial charge is 0.337 e. The molecule has 0 aliphatic carbocycles. The van der Waals surface area contributed by atoms with Crippen LogP contribution in [0.15, 0.2) is 28.7 Å². The Hall–Kier alpha value is -1.66. The maximum absolute atomic E-state index is 12.8. The van der Waals surface area contributed by atoms with Crippen LogP contribution in [0.3, 0.4) is 0 Å². The molecule has 1 aliphatic rings. The number of rotatable bonds is 3. The molecule has 2 N–H and O–H groups in total. The lowest BCUT2D eigenvalue weighted by atomic mass is 10.1. The summed E-state index contributed by atoms with van der Waals surface area (Å²) in [7, 11) is 0. The molecule has 0 bridgehead atoms. The molecule has 1 aliphatic heterocycles. The van der Waals surface area contributed by atoms with Crippen molar-refractivity contribution in [1.82, 2.24) is 14.7 Å². The van der Waals surface area contributed by atoms with Gasteiger partial charge in [0.25, 0.3) is 5.91 Å². The highest BCUT2D eigenvalue weighted by Crippen LogP contribution is 2.20. The van der Waals surface area contributed by atoms with E-state index >= 15 is 0 Å². The van der Waals surface area contributed by atoms with Crippen molar-refractivity contribution in [2.24, 2.45) is 5.73 Å². The van der Waals surface area contributed by atoms with E-state index in [-0.39, 0.29) is 11.9 Å². The molecule has 23 heavy (non-hydrogen) atoms. The first-order valence-electron chi connectivity index (χ1n) is 7.79. The Labute approximate surface area is 144 Å². The van der Waals surface area contributed by atoms with Gasteiger partial charge in [0.2, 0.25) is 0 Å². The normalized spacial score (nSPS) is 17.7. The first kappa shape index (κ1) is 16.2. The fourth-order valence-electron chi connectivity index (χ4n) is 3.10. The molecule has 0 radical (unpaired) electrons. The molecule has 1 aromatic carbocycles. The standard InChI is InChI=1S/C17H21BrN4O/c1-11-16(17(23)21-7-6-15(19)10-21)12(2)22(20-11)9-13-4-3-5-14(18)8-13/h3-5,8,15H,6-7,9-10,19H2,1-2H3. The van der Waals surface area contributed by atoms with E-state index in [2.05, 4.69) is 33.2 Å². The van der Waals surface area contributed by atoms with E-state index in [0.717, 1.165) is 34.4 Å². The Kier molecular flexibility index (Phi) is 4.55. The third kappa shape index (κ3) is 3.33. The molecule has 1 atom stereocenters. The van der Waals surface area contributed by atoms with Gasteiger partial charge in [-0.2, -0.15) is 5.10 Å². The van der Waals surface area contributed by atoms with Gasteiger partial charge in [0, 0.05) is 29.3 Å². The summed E-state index contributed by atoms with van der Waals surface area (Å²) in [6.45, 7) is 5.87. The van der Waals surface area contributed by atoms with Crippen molar-refractivity contribution in [3.8, 4) is 0 Å². The average molecular weight is 377 g/mol. The van der Waals surface area contributed by atoms with E-state index in [1.807, 2.05) is 35.6 Å². The topological polar surface area (TPSA) is 64.2 Å². The molecular formula is C17H21BrN4O. The van der Waals surface area contributed by atoms with Gasteiger partial charge in [-0.25, -0.2) is 0 Å². The lowest BCUT2D eigenvalue weighted by Gasteiger charge is -2.16. The van der Waals surface area contributed by atoms with Crippen LogP contribution >= 0.6 is 15.9 Å². The molecule has 1 amide bonds. The molecule has 1 aromatic heterocycles. The third-order valence-corrected chi connectivity index (χ3v) is 4.82. The molecule has 1 fully saturated rings. The second kappa shape index (κ2) is 6.45. The van der Waals surface area contributed by atoms with Crippen molar-refractivity contribution >= 4 is 21.8 Å². The highest BCUT2D eigenvalue weighted by Gasteiger charge is 2.28. The van der Waals surface area contributed by atoms with Gasteiger partial charge in [0.05, 0.1) is 17.8 Å². The zero-order valence-electron chi connectivity index (χ0n) is 13.4. The van der Waals surface area contributed by atoms with Crippen molar-refractivity contribution < 1.29 is 4.79 Å². The highest BCUT2D eigenvalue weighted by atomic mass is 79.9. The van der Waals surface area contributed by atoms with Crippen molar-refractivity contribution in [2.45, 2.75) is 32.9 Å². The van der Waals surface area contributed by atoms with Gasteiger partial charge in [-0.3, -0.25) is 9.48 Å². The van der Waals surface area contributed by atoms with Crippen LogP contribution in [0.5, 0.6) is 0 Å². The predicted molar refractivity (Wildman–Crippen MR) is 93.4 cm³/mol. The fraction of sp³-hybridized carbons (Fsp3) is 0.412. The SMILES string of the molecule is Cc1nn(Cc2cccc(Br)c2)c(C)c1C(=O)N1CCC(N)C1. The molecule has 6 heteroatoms. The number of nitrogens with two attached hydrogens (primary N) is 1. The molecule has 3 rings (SSSR count). The van der Waals surface area contributed by atoms with Gasteiger partial charge in [-0.15, -0.1) is 0 Å². The minimum atomic E-state index is 0.0495. The Bertz CT molecular complexity index is 740. The van der Waals surface area contributed by atoms with E-state index in [0.29, 0.717) is 18.7 Å². The van der Waals surface area contributed by atoms with Gasteiger partial charge in [0.15, 0.2) is 0 Å². The van der Waals surface area contributed by atoms with Crippen LogP contribution in [-0.2, 0) is 6.54 Å². The van der Waals surface area contributed by atoms with Crippen molar-refractivity contribution in [1.29, 1.82) is 0 Å². The Morgan fingerprint density at radius 3 is 2.87 bits per heavy atom. The lowest BCUT2D eigenvalue weighted by Crippen LogP contribution is -2.32. The van der Waals surface area contributed by atoms with Gasteiger partial charge in [-0.05, 0) is 38.0 Å². The second-order valence-corrected chi connectivity index (χ2v) is 7.05. The minimum Gasteiger partial charge on any atom is -0.337 e. The summed E-state index contributed by atoms with van der Waals surface area (Å²) in [5.74, 6) is 0.0495. The summed E-state index contributed by atoms with van der Waals surface area (Å²) in [5, 5.41) is 4.57. The maximum atomic E-state index is 12.8. The van der Waals surface area contributed by atoms with Crippen LogP contribution in [0.2, 0.25) is 0 Å². The van der Waals surface area contributed by atoms with E-state index in [1.165, 1.54) is 0 Å². The number of hydrogen-bond donors (Lipinski definition) is 1. The Morgan fingerprint density at radius 1 is 1.43 bits per heavy atom. The summed E-state index contributed by atoms with van der Waals surface area (Å²) in [5.41, 5.74) is 9.47. The number of benzene rings is 1. The summed E-state index contributed by atoms with van der Waals surface area (Å²) in [6.07, 6.45) is 0.871. The van der Waals surface area contributed by atoms with Gasteiger partial charge < -0.3 is 10.6 Å². The number of hydrogen-bond acceptors (Lipinski definition) is 3. The summed E-state index contributed by atoms with van der Waals surface area (Å²) >= 11 is 3.48. The van der Waals surface area contributed by atoms with E-state index in [9.17, 15) is 4.79 Å². The number of amides is 1. The molecule has 2 aromatic rings. The zero-order valence-corrected chi connectivity index (χ0v) is 15.0. The van der Waals surface area contributed by atoms with Gasteiger partial charge in [-0.1, -0.05) is 28.1 Å². The van der Waals surface area contributed by atoms with Crippen LogP contribution in [0.4, 0.5) is 0 Å². The van der Waals surface area contributed by atoms with Crippen LogP contribution in [0, 0.1) is 13.8 Å². The van der Waals surface area contributed by atoms with Crippen LogP contribution in [0.1, 0.15) is 33.7 Å². The Morgan fingerprint density at radius 2 is 2.22 bits per heavy atom. The molecule has 1 unspecified atom stereocenters. The third-order valence-electron chi connectivity index (χ3n) is 4.33. The number of aryl methyl sites for hydroxylation is 1. The molecule has 122 valence electrons. The number of aromatic nitrogens is 2. The summed E-state index contributed by atoms with van der Waals surface area (Å²) in [6, 6.07) is 8.22. The maximum Gasteiger partial charge on any atom is 0.257 e. The molecule has 2 heterocycles. The van der Waals surface area contributed by atoms with Gasteiger partial charge in [0.1, 0.15) is 0 Å². The van der Waals surface area contributed by atoms with Crippen molar-refractivity contribution in [3.63, 3.8) is 0 Å². The van der Waals surface area contributed by atoms with Crippen LogP contribution < -0.4 is 5.73 Å². The number of carbonyl (C=O) groups excluding carboxylic acids is 1. The average Bonchev–Trinajstić information content (AvgIpc) is 3.03. The minimum absolute atomic E-state index is 0.0495. The van der Waals surface area contributed by atoms with E-state index in [1.54, 1.807) is 0 Å². The predicted octanol–water partition coefficient (Wildman–Crippen LogP) is 2.48.